The summed E-state index contributed by atoms with van der Waals surface area (Å²) < 4.78 is 0. The van der Waals surface area contributed by atoms with Crippen LogP contribution in [-0.2, 0) is 4.79 Å². The highest BCUT2D eigenvalue weighted by molar-refractivity contribution is 6.49. The summed E-state index contributed by atoms with van der Waals surface area (Å²) >= 11 is 11.7. The quantitative estimate of drug-likeness (QED) is 0.479. The molecule has 2 aromatic carbocycles. The summed E-state index contributed by atoms with van der Waals surface area (Å²) in [5, 5.41) is 13.6. The zero-order chi connectivity index (χ0) is 17.4. The lowest BCUT2D eigenvalue weighted by molar-refractivity contribution is -0.112. The van der Waals surface area contributed by atoms with Gasteiger partial charge < -0.3 is 15.4 Å². The lowest BCUT2D eigenvalue weighted by Crippen LogP contribution is -2.22. The Balaban J connectivity index is 1.95. The molecule has 122 valence electrons. The van der Waals surface area contributed by atoms with Gasteiger partial charge in [-0.1, -0.05) is 34.8 Å². The summed E-state index contributed by atoms with van der Waals surface area (Å²) in [4.78, 5) is 27.4. The molecule has 7 heteroatoms. The molecule has 0 spiro atoms. The van der Waals surface area contributed by atoms with Crippen molar-refractivity contribution in [2.45, 2.75) is 6.92 Å². The SMILES string of the molecule is Cc1ccc2[nH]c(O)c(C(=O)C(=O)Nc3cc(Cl)cc(Cl)c3)c2c1. The Hall–Kier alpha value is -2.50. The van der Waals surface area contributed by atoms with Gasteiger partial charge in [0.15, 0.2) is 0 Å². The van der Waals surface area contributed by atoms with E-state index in [1.54, 1.807) is 12.1 Å². The Bertz CT molecular complexity index is 959. The van der Waals surface area contributed by atoms with Gasteiger partial charge in [0.1, 0.15) is 0 Å². The summed E-state index contributed by atoms with van der Waals surface area (Å²) in [7, 11) is 0. The van der Waals surface area contributed by atoms with Gasteiger partial charge in [-0.25, -0.2) is 0 Å². The van der Waals surface area contributed by atoms with Crippen LogP contribution in [0.5, 0.6) is 5.88 Å². The molecule has 0 aliphatic rings. The third-order valence-corrected chi connectivity index (χ3v) is 3.92. The van der Waals surface area contributed by atoms with Gasteiger partial charge in [0.05, 0.1) is 5.56 Å². The first-order valence-electron chi connectivity index (χ1n) is 6.98. The zero-order valence-corrected chi connectivity index (χ0v) is 14.0. The first kappa shape index (κ1) is 16.4. The Kier molecular flexibility index (Phi) is 4.22. The molecule has 0 aliphatic carbocycles. The fourth-order valence-corrected chi connectivity index (χ4v) is 2.97. The van der Waals surface area contributed by atoms with Crippen molar-refractivity contribution in [3.05, 3.63) is 57.6 Å². The van der Waals surface area contributed by atoms with E-state index in [0.29, 0.717) is 26.6 Å². The van der Waals surface area contributed by atoms with Crippen molar-refractivity contribution < 1.29 is 14.7 Å². The number of nitrogens with one attached hydrogen (secondary N) is 2. The largest absolute Gasteiger partial charge is 0.494 e. The number of hydrogen-bond acceptors (Lipinski definition) is 3. The second-order valence-electron chi connectivity index (χ2n) is 5.34. The molecule has 3 rings (SSSR count). The number of hydrogen-bond donors (Lipinski definition) is 3. The van der Waals surface area contributed by atoms with E-state index in [0.717, 1.165) is 5.56 Å². The number of H-pyrrole nitrogens is 1. The van der Waals surface area contributed by atoms with Crippen molar-refractivity contribution in [3.63, 3.8) is 0 Å². The van der Waals surface area contributed by atoms with E-state index in [9.17, 15) is 14.7 Å². The summed E-state index contributed by atoms with van der Waals surface area (Å²) in [6.45, 7) is 1.85. The smallest absolute Gasteiger partial charge is 0.297 e. The highest BCUT2D eigenvalue weighted by Crippen LogP contribution is 2.29. The van der Waals surface area contributed by atoms with E-state index >= 15 is 0 Å². The second kappa shape index (κ2) is 6.19. The van der Waals surface area contributed by atoms with E-state index in [-0.39, 0.29) is 11.4 Å². The first-order chi connectivity index (χ1) is 11.3. The Morgan fingerprint density at radius 2 is 1.75 bits per heavy atom. The second-order valence-corrected chi connectivity index (χ2v) is 6.21. The maximum Gasteiger partial charge on any atom is 0.297 e. The third kappa shape index (κ3) is 3.09. The molecule has 0 saturated carbocycles. The number of halogens is 2. The zero-order valence-electron chi connectivity index (χ0n) is 12.5. The van der Waals surface area contributed by atoms with Crippen molar-refractivity contribution in [1.82, 2.24) is 4.98 Å². The number of benzene rings is 2. The van der Waals surface area contributed by atoms with Crippen LogP contribution < -0.4 is 5.32 Å². The number of aromatic nitrogens is 1. The van der Waals surface area contributed by atoms with Crippen LogP contribution in [0.2, 0.25) is 10.0 Å². The van der Waals surface area contributed by atoms with E-state index in [4.69, 9.17) is 23.2 Å². The van der Waals surface area contributed by atoms with Crippen LogP contribution in [0.4, 0.5) is 5.69 Å². The molecule has 1 aromatic heterocycles. The van der Waals surface area contributed by atoms with Crippen molar-refractivity contribution in [2.24, 2.45) is 0 Å². The number of ketones is 1. The molecule has 0 aliphatic heterocycles. The number of anilines is 1. The number of amides is 1. The van der Waals surface area contributed by atoms with Crippen LogP contribution in [-0.4, -0.2) is 21.8 Å². The molecule has 24 heavy (non-hydrogen) atoms. The molecule has 0 unspecified atom stereocenters. The van der Waals surface area contributed by atoms with E-state index in [1.807, 2.05) is 13.0 Å². The van der Waals surface area contributed by atoms with Crippen LogP contribution in [0.3, 0.4) is 0 Å². The van der Waals surface area contributed by atoms with Crippen molar-refractivity contribution >= 4 is 51.5 Å². The summed E-state index contributed by atoms with van der Waals surface area (Å²) in [5.41, 5.74) is 1.69. The number of fused-ring (bicyclic) bond motifs is 1. The molecule has 0 atom stereocenters. The Morgan fingerprint density at radius 3 is 2.42 bits per heavy atom. The minimum Gasteiger partial charge on any atom is -0.494 e. The van der Waals surface area contributed by atoms with Crippen LogP contribution >= 0.6 is 23.2 Å². The van der Waals surface area contributed by atoms with Gasteiger partial charge in [-0.15, -0.1) is 0 Å². The molecular formula is C17H12Cl2N2O3. The average Bonchev–Trinajstić information content (AvgIpc) is 2.80. The van der Waals surface area contributed by atoms with E-state index in [1.165, 1.54) is 18.2 Å². The van der Waals surface area contributed by atoms with Gasteiger partial charge in [-0.3, -0.25) is 9.59 Å². The van der Waals surface area contributed by atoms with Crippen molar-refractivity contribution in [2.75, 3.05) is 5.32 Å². The van der Waals surface area contributed by atoms with Crippen LogP contribution in [0.15, 0.2) is 36.4 Å². The molecule has 1 amide bonds. The minimum atomic E-state index is -0.897. The minimum absolute atomic E-state index is 0.0701. The highest BCUT2D eigenvalue weighted by atomic mass is 35.5. The van der Waals surface area contributed by atoms with Gasteiger partial charge in [-0.05, 0) is 37.3 Å². The fraction of sp³-hybridized carbons (Fsp3) is 0.0588. The fourth-order valence-electron chi connectivity index (χ4n) is 2.45. The van der Waals surface area contributed by atoms with Crippen molar-refractivity contribution in [3.8, 4) is 5.88 Å². The van der Waals surface area contributed by atoms with Crippen LogP contribution in [0.1, 0.15) is 15.9 Å². The summed E-state index contributed by atoms with van der Waals surface area (Å²) in [6.07, 6.45) is 0. The summed E-state index contributed by atoms with van der Waals surface area (Å²) in [5.74, 6) is -2.11. The Labute approximate surface area is 147 Å². The molecule has 0 bridgehead atoms. The average molecular weight is 363 g/mol. The predicted octanol–water partition coefficient (Wildman–Crippen LogP) is 4.31. The molecule has 0 saturated heterocycles. The number of aromatic hydroxyl groups is 1. The number of aryl methyl sites for hydroxylation is 1. The maximum absolute atomic E-state index is 12.5. The normalized spacial score (nSPS) is 10.8. The monoisotopic (exact) mass is 362 g/mol. The van der Waals surface area contributed by atoms with Gasteiger partial charge in [-0.2, -0.15) is 0 Å². The Morgan fingerprint density at radius 1 is 1.08 bits per heavy atom. The first-order valence-corrected chi connectivity index (χ1v) is 7.74. The lowest BCUT2D eigenvalue weighted by Gasteiger charge is -2.06. The third-order valence-electron chi connectivity index (χ3n) is 3.49. The highest BCUT2D eigenvalue weighted by Gasteiger charge is 2.24. The number of rotatable bonds is 3. The number of Topliss-reactive ketones (excluding diaryl/α,β-unsaturated/α-hetero) is 1. The maximum atomic E-state index is 12.5. The molecule has 1 heterocycles. The number of carbonyl (C=O) groups is 2. The van der Waals surface area contributed by atoms with Crippen LogP contribution in [0.25, 0.3) is 10.9 Å². The molecular weight excluding hydrogens is 351 g/mol. The van der Waals surface area contributed by atoms with Gasteiger partial charge in [0, 0.05) is 26.6 Å². The van der Waals surface area contributed by atoms with Gasteiger partial charge >= 0.3 is 0 Å². The molecule has 3 N–H and O–H groups in total. The van der Waals surface area contributed by atoms with Crippen molar-refractivity contribution in [1.29, 1.82) is 0 Å². The van der Waals surface area contributed by atoms with Gasteiger partial charge in [0.2, 0.25) is 5.88 Å². The van der Waals surface area contributed by atoms with E-state index in [2.05, 4.69) is 10.3 Å². The van der Waals surface area contributed by atoms with Crippen LogP contribution in [0, 0.1) is 6.92 Å². The number of aromatic amines is 1. The molecule has 0 radical (unpaired) electrons. The molecule has 0 fully saturated rings. The lowest BCUT2D eigenvalue weighted by atomic mass is 10.1. The topological polar surface area (TPSA) is 82.2 Å². The molecule has 3 aromatic rings. The standard InChI is InChI=1S/C17H12Cl2N2O3/c1-8-2-3-13-12(4-8)14(16(23)21-13)15(22)17(24)20-11-6-9(18)5-10(19)7-11/h2-7,21,23H,1H3,(H,20,24). The van der Waals surface area contributed by atoms with Gasteiger partial charge in [0.25, 0.3) is 11.7 Å². The molecule has 5 nitrogen and oxygen atoms in total. The van der Waals surface area contributed by atoms with E-state index < -0.39 is 11.7 Å². The predicted molar refractivity (Wildman–Crippen MR) is 94.1 cm³/mol. The number of carbonyl (C=O) groups excluding carboxylic acids is 2. The summed E-state index contributed by atoms with van der Waals surface area (Å²) in [6, 6.07) is 9.74.